The summed E-state index contributed by atoms with van der Waals surface area (Å²) >= 11 is 0. The number of nitrogens with one attached hydrogen (secondary N) is 4. The zero-order valence-corrected chi connectivity index (χ0v) is 28.5. The van der Waals surface area contributed by atoms with E-state index in [1.165, 1.54) is 0 Å². The Balaban J connectivity index is 1.56. The van der Waals surface area contributed by atoms with Crippen LogP contribution in [-0.2, 0) is 39.0 Å². The molecule has 49 heavy (non-hydrogen) atoms. The zero-order valence-electron chi connectivity index (χ0n) is 28.5. The van der Waals surface area contributed by atoms with Gasteiger partial charge < -0.3 is 31.2 Å². The second-order valence-corrected chi connectivity index (χ2v) is 14.2. The number of amides is 5. The topological polar surface area (TPSA) is 210 Å². The van der Waals surface area contributed by atoms with Gasteiger partial charge in [0.15, 0.2) is 6.04 Å². The van der Waals surface area contributed by atoms with Gasteiger partial charge in [-0.1, -0.05) is 54.6 Å². The highest BCUT2D eigenvalue weighted by molar-refractivity contribution is 6.10. The van der Waals surface area contributed by atoms with Crippen LogP contribution in [0.4, 0.5) is 4.79 Å². The quantitative estimate of drug-likeness (QED) is 0.0967. The largest absolute Gasteiger partial charge is 0.460 e. The minimum absolute atomic E-state index is 0.154. The third-order valence-electron chi connectivity index (χ3n) is 7.78. The van der Waals surface area contributed by atoms with E-state index in [-0.39, 0.29) is 11.8 Å². The van der Waals surface area contributed by atoms with Gasteiger partial charge in [0.25, 0.3) is 5.91 Å². The van der Waals surface area contributed by atoms with Crippen LogP contribution in [0.25, 0.3) is 0 Å². The lowest BCUT2D eigenvalue weighted by atomic mass is 9.84. The number of urea groups is 1. The lowest BCUT2D eigenvalue weighted by Gasteiger charge is -2.28. The Labute approximate surface area is 285 Å². The van der Waals surface area contributed by atoms with Crippen molar-refractivity contribution in [1.82, 2.24) is 20.9 Å². The lowest BCUT2D eigenvalue weighted by molar-refractivity contribution is -0.159. The first-order valence-corrected chi connectivity index (χ1v) is 16.0. The van der Waals surface area contributed by atoms with E-state index in [2.05, 4.69) is 16.0 Å². The Morgan fingerprint density at radius 2 is 1.53 bits per heavy atom. The van der Waals surface area contributed by atoms with Crippen LogP contribution in [0.3, 0.4) is 0 Å². The van der Waals surface area contributed by atoms with E-state index < -0.39 is 77.5 Å². The number of carbonyl (C=O) groups excluding carboxylic acids is 6. The van der Waals surface area contributed by atoms with E-state index in [0.717, 1.165) is 4.90 Å². The van der Waals surface area contributed by atoms with Gasteiger partial charge in [0.1, 0.15) is 35.2 Å². The fourth-order valence-electron chi connectivity index (χ4n) is 5.55. The number of nitrogen functional groups attached to an aromatic ring is 1. The van der Waals surface area contributed by atoms with Crippen molar-refractivity contribution >= 4 is 41.5 Å². The first kappa shape index (κ1) is 36.6. The number of rotatable bonds is 12. The molecule has 2 aromatic rings. The maximum absolute atomic E-state index is 13.9. The van der Waals surface area contributed by atoms with Crippen LogP contribution >= 0.6 is 0 Å². The second kappa shape index (κ2) is 14.1. The Hall–Kier alpha value is -5.27. The van der Waals surface area contributed by atoms with Crippen LogP contribution in [0.15, 0.2) is 54.6 Å². The molecule has 1 saturated carbocycles. The van der Waals surface area contributed by atoms with E-state index in [1.807, 2.05) is 0 Å². The number of ether oxygens (including phenoxy) is 2. The Morgan fingerprint density at radius 1 is 0.939 bits per heavy atom. The monoisotopic (exact) mass is 676 g/mol. The van der Waals surface area contributed by atoms with Crippen LogP contribution in [0.2, 0.25) is 0 Å². The van der Waals surface area contributed by atoms with Gasteiger partial charge in [-0.3, -0.25) is 29.5 Å². The minimum Gasteiger partial charge on any atom is -0.460 e. The summed E-state index contributed by atoms with van der Waals surface area (Å²) in [7, 11) is 0. The molecule has 1 aliphatic heterocycles. The molecule has 1 unspecified atom stereocenters. The maximum atomic E-state index is 13.9. The van der Waals surface area contributed by atoms with Crippen molar-refractivity contribution in [3.8, 4) is 0 Å². The summed E-state index contributed by atoms with van der Waals surface area (Å²) < 4.78 is 10.9. The van der Waals surface area contributed by atoms with Crippen molar-refractivity contribution < 1.29 is 38.2 Å². The third kappa shape index (κ3) is 9.00. The fraction of sp³-hybridized carbons (Fsp3) is 0.457. The van der Waals surface area contributed by atoms with Gasteiger partial charge in [-0.25, -0.2) is 9.59 Å². The van der Waals surface area contributed by atoms with E-state index >= 15 is 0 Å². The van der Waals surface area contributed by atoms with E-state index in [0.29, 0.717) is 29.5 Å². The Bertz CT molecular complexity index is 1630. The molecule has 0 bridgehead atoms. The van der Waals surface area contributed by atoms with Crippen molar-refractivity contribution in [1.29, 1.82) is 5.41 Å². The van der Waals surface area contributed by atoms with Gasteiger partial charge in [-0.2, -0.15) is 0 Å². The van der Waals surface area contributed by atoms with Gasteiger partial charge in [0, 0.05) is 5.56 Å². The van der Waals surface area contributed by atoms with Gasteiger partial charge in [0.2, 0.25) is 11.8 Å². The molecule has 1 saturated heterocycles. The molecule has 1 aliphatic carbocycles. The predicted molar refractivity (Wildman–Crippen MR) is 178 cm³/mol. The van der Waals surface area contributed by atoms with Gasteiger partial charge >= 0.3 is 18.0 Å². The van der Waals surface area contributed by atoms with Crippen LogP contribution in [0.5, 0.6) is 0 Å². The fourth-order valence-corrected chi connectivity index (χ4v) is 5.55. The number of amidine groups is 1. The molecule has 5 amide bonds. The highest BCUT2D eigenvalue weighted by atomic mass is 16.6. The molecule has 14 heteroatoms. The van der Waals surface area contributed by atoms with Crippen LogP contribution in [-0.4, -0.2) is 70.2 Å². The normalized spacial score (nSPS) is 18.9. The van der Waals surface area contributed by atoms with Crippen molar-refractivity contribution in [2.45, 2.75) is 89.6 Å². The highest BCUT2D eigenvalue weighted by Gasteiger charge is 2.60. The molecule has 2 aromatic carbocycles. The average Bonchev–Trinajstić information content (AvgIpc) is 3.82. The molecule has 262 valence electrons. The zero-order chi connectivity index (χ0) is 36.3. The predicted octanol–water partition coefficient (Wildman–Crippen LogP) is 2.54. The molecule has 6 N–H and O–H groups in total. The smallest absolute Gasteiger partial charge is 0.333 e. The lowest BCUT2D eigenvalue weighted by Crippen LogP contribution is -2.53. The van der Waals surface area contributed by atoms with E-state index in [4.69, 9.17) is 20.6 Å². The maximum Gasteiger partial charge on any atom is 0.333 e. The molecular weight excluding hydrogens is 632 g/mol. The number of nitrogens with two attached hydrogens (primary N) is 1. The number of benzene rings is 2. The molecule has 0 spiro atoms. The summed E-state index contributed by atoms with van der Waals surface area (Å²) in [5.74, 6) is -4.38. The highest BCUT2D eigenvalue weighted by Crippen LogP contribution is 2.49. The van der Waals surface area contributed by atoms with Crippen LogP contribution in [0.1, 0.15) is 83.5 Å². The average molecular weight is 677 g/mol. The summed E-state index contributed by atoms with van der Waals surface area (Å²) in [5.41, 5.74) is 3.70. The van der Waals surface area contributed by atoms with E-state index in [9.17, 15) is 28.8 Å². The summed E-state index contributed by atoms with van der Waals surface area (Å²) in [6.07, 6.45) is 0.719. The number of hydrogen-bond donors (Lipinski definition) is 5. The van der Waals surface area contributed by atoms with E-state index in [1.54, 1.807) is 96.1 Å². The molecule has 0 aromatic heterocycles. The number of hydrogen-bond acceptors (Lipinski definition) is 9. The number of esters is 2. The molecule has 1 heterocycles. The summed E-state index contributed by atoms with van der Waals surface area (Å²) in [4.78, 5) is 81.2. The third-order valence-corrected chi connectivity index (χ3v) is 7.78. The molecule has 2 aliphatic rings. The van der Waals surface area contributed by atoms with Crippen molar-refractivity contribution in [2.75, 3.05) is 6.54 Å². The number of nitrogens with zero attached hydrogens (tertiary/aromatic N) is 1. The molecule has 0 radical (unpaired) electrons. The molecule has 3 atom stereocenters. The summed E-state index contributed by atoms with van der Waals surface area (Å²) in [6, 6.07) is 11.1. The van der Waals surface area contributed by atoms with Crippen molar-refractivity contribution in [3.05, 3.63) is 71.3 Å². The standard InChI is InChI=1S/C35H44N6O8/c1-33(2,3)48-26(43)18-24(29(44)39-27(20-10-8-7-9-11-20)30(45)49-34(4,5)6)38-25(42)19-41-31(46)35(23-16-17-23,40-32(41)47)22-14-12-21(13-15-22)28(36)37/h7-15,23-24,27H,16-19H2,1-6H3,(H3,36,37)(H,38,42)(H,39,44)(H,40,47)/t24-,27-,35?/m0/s1. The van der Waals surface area contributed by atoms with Crippen molar-refractivity contribution in [2.24, 2.45) is 11.7 Å². The van der Waals surface area contributed by atoms with Gasteiger partial charge in [-0.05, 0) is 71.4 Å². The van der Waals surface area contributed by atoms with Crippen molar-refractivity contribution in [3.63, 3.8) is 0 Å². The summed E-state index contributed by atoms with van der Waals surface area (Å²) in [6.45, 7) is 9.20. The van der Waals surface area contributed by atoms with Crippen LogP contribution < -0.4 is 21.7 Å². The SMILES string of the molecule is CC(C)(C)OC(=O)C[C@H](NC(=O)CN1C(=O)NC(c2ccc(C(=N)N)cc2)(C2CC2)C1=O)C(=O)N[C@H](C(=O)OC(C)(C)C)c1ccccc1. The number of carbonyl (C=O) groups is 6. The number of imide groups is 1. The first-order chi connectivity index (χ1) is 22.8. The minimum atomic E-state index is -1.55. The Morgan fingerprint density at radius 3 is 2.06 bits per heavy atom. The van der Waals surface area contributed by atoms with Gasteiger partial charge in [0.05, 0.1) is 6.42 Å². The first-order valence-electron chi connectivity index (χ1n) is 16.0. The summed E-state index contributed by atoms with van der Waals surface area (Å²) in [5, 5.41) is 15.5. The molecule has 2 fully saturated rings. The van der Waals surface area contributed by atoms with Gasteiger partial charge in [-0.15, -0.1) is 0 Å². The second-order valence-electron chi connectivity index (χ2n) is 14.2. The molecule has 14 nitrogen and oxygen atoms in total. The van der Waals surface area contributed by atoms with Crippen LogP contribution in [0, 0.1) is 11.3 Å². The Kier molecular flexibility index (Phi) is 10.5. The molecule has 4 rings (SSSR count). The molecular formula is C35H44N6O8.